The number of thiazole rings is 1. The molecule has 1 unspecified atom stereocenters. The number of amides is 4. The third-order valence-electron chi connectivity index (χ3n) is 15.1. The van der Waals surface area contributed by atoms with Gasteiger partial charge in [0.2, 0.25) is 23.6 Å². The first-order valence-corrected chi connectivity index (χ1v) is 30.0. The Morgan fingerprint density at radius 1 is 0.840 bits per heavy atom. The molecule has 2 saturated heterocycles. The zero-order valence-corrected chi connectivity index (χ0v) is 50.0. The smallest absolute Gasteiger partial charge is 0.246 e. The van der Waals surface area contributed by atoms with Crippen LogP contribution >= 0.6 is 34.5 Å². The second kappa shape index (κ2) is 30.2. The summed E-state index contributed by atoms with van der Waals surface area (Å²) in [7, 11) is 3.08. The van der Waals surface area contributed by atoms with Crippen LogP contribution in [-0.2, 0) is 25.7 Å². The molecule has 0 bridgehead atoms. The summed E-state index contributed by atoms with van der Waals surface area (Å²) in [5.74, 6) is 0.837. The van der Waals surface area contributed by atoms with Crippen molar-refractivity contribution in [3.05, 3.63) is 87.1 Å². The second-order valence-electron chi connectivity index (χ2n) is 22.2. The van der Waals surface area contributed by atoms with Gasteiger partial charge in [0.05, 0.1) is 75.5 Å². The lowest BCUT2D eigenvalue weighted by Crippen LogP contribution is -2.57. The molecule has 17 nitrogen and oxygen atoms in total. The van der Waals surface area contributed by atoms with Gasteiger partial charge in [-0.2, -0.15) is 5.26 Å². The number of anilines is 2. The summed E-state index contributed by atoms with van der Waals surface area (Å²) in [6, 6.07) is 15.3. The molecule has 4 N–H and O–H groups in total. The predicted octanol–water partition coefficient (Wildman–Crippen LogP) is 11.0. The molecule has 2 aliphatic heterocycles. The van der Waals surface area contributed by atoms with Gasteiger partial charge in [0.15, 0.2) is 11.5 Å². The number of β-amino-alcohol motifs (C(OH)–C–C–N with tert-alkyl or cyclic N) is 1. The van der Waals surface area contributed by atoms with E-state index in [2.05, 4.69) is 36.9 Å². The number of piperazine rings is 1. The van der Waals surface area contributed by atoms with Crippen LogP contribution in [0.15, 0.2) is 60.2 Å². The quantitative estimate of drug-likeness (QED) is 0.0344. The minimum absolute atomic E-state index is 0.0331. The molecule has 436 valence electrons. The molecule has 0 radical (unpaired) electrons. The number of aliphatic hydroxyl groups is 1. The number of fused-ring (bicyclic) bond motifs is 1. The number of halogens is 2. The number of benzene rings is 3. The molecule has 2 aliphatic rings. The van der Waals surface area contributed by atoms with Crippen molar-refractivity contribution < 1.29 is 38.5 Å². The van der Waals surface area contributed by atoms with E-state index in [0.29, 0.717) is 74.6 Å². The first-order valence-electron chi connectivity index (χ1n) is 28.4. The molecule has 20 heteroatoms. The van der Waals surface area contributed by atoms with Gasteiger partial charge < -0.3 is 45.1 Å². The number of carbonyl (C=O) groups excluding carboxylic acids is 4. The normalized spacial score (nSPS) is 16.0. The van der Waals surface area contributed by atoms with Gasteiger partial charge in [-0.15, -0.1) is 11.3 Å². The number of unbranched alkanes of at least 4 members (excludes halogenated alkanes) is 9. The number of aliphatic hydroxyl groups excluding tert-OH is 1. The summed E-state index contributed by atoms with van der Waals surface area (Å²) in [6.45, 7) is 12.4. The maximum atomic E-state index is 14.0. The number of hydrogen-bond acceptors (Lipinski definition) is 14. The van der Waals surface area contributed by atoms with Crippen molar-refractivity contribution in [3.8, 4) is 33.8 Å². The molecule has 5 aromatic rings. The molecule has 3 atom stereocenters. The number of aromatic nitrogens is 2. The van der Waals surface area contributed by atoms with Crippen molar-refractivity contribution in [1.82, 2.24) is 35.3 Å². The summed E-state index contributed by atoms with van der Waals surface area (Å²) >= 11 is 14.3. The number of nitrogens with one attached hydrogen (secondary N) is 3. The lowest BCUT2D eigenvalue weighted by atomic mass is 9.85. The molecule has 0 saturated carbocycles. The standard InChI is InChI=1S/C61H79Cl2N9O8S/c1-40-57(81-39-67-40)42-22-20-41(21-23-42)36-66-59(76)50-30-44(73)38-72(50)60(77)58(61(2,3)4)69-54(74)18-15-13-11-9-7-8-10-12-14-16-19-55(75)71-27-25-70(26-28-71)24-17-29-80-53-33-48-45(31-52(53)79-6)56(43(35-64)37-65-48)68-49-34-51(78-5)47(63)32-46(49)62/h20-23,31-34,37,39,44,50,58,73H,7-19,24-30,36,38H2,1-6H3,(H,65,68)(H,66,76)(H,69,74)/t44-,50+,58?/m1/s1. The van der Waals surface area contributed by atoms with E-state index in [9.17, 15) is 29.5 Å². The Kier molecular flexibility index (Phi) is 23.2. The van der Waals surface area contributed by atoms with Crippen LogP contribution in [0.2, 0.25) is 10.0 Å². The lowest BCUT2D eigenvalue weighted by molar-refractivity contribution is -0.144. The number of pyridine rings is 1. The van der Waals surface area contributed by atoms with Crippen LogP contribution in [0.25, 0.3) is 21.3 Å². The van der Waals surface area contributed by atoms with Gasteiger partial charge in [-0.3, -0.25) is 29.1 Å². The first-order chi connectivity index (χ1) is 39.0. The fourth-order valence-electron chi connectivity index (χ4n) is 10.4. The SMILES string of the molecule is COc1cc(Nc2c(C#N)cnc3cc(OCCCN4CCN(C(=O)CCCCCCCCCCCCC(=O)NC(C(=O)N5C[C@H](O)C[C@H]5C(=O)NCc5ccc(-c6scnc6C)cc5)C(C)(C)C)CC4)c(OC)cc23)c(Cl)cc1Cl. The van der Waals surface area contributed by atoms with E-state index in [1.807, 2.05) is 62.4 Å². The second-order valence-corrected chi connectivity index (χ2v) is 23.8. The van der Waals surface area contributed by atoms with Gasteiger partial charge in [-0.1, -0.05) is 120 Å². The Morgan fingerprint density at radius 3 is 2.14 bits per heavy atom. The number of likely N-dealkylation sites (tertiary alicyclic amines) is 1. The van der Waals surface area contributed by atoms with E-state index in [1.54, 1.807) is 42.7 Å². The molecule has 7 rings (SSSR count). The Labute approximate surface area is 491 Å². The highest BCUT2D eigenvalue weighted by Gasteiger charge is 2.44. The predicted molar refractivity (Wildman–Crippen MR) is 319 cm³/mol. The van der Waals surface area contributed by atoms with Crippen molar-refractivity contribution in [2.75, 3.05) is 65.4 Å². The molecule has 3 aromatic carbocycles. The highest BCUT2D eigenvalue weighted by atomic mass is 35.5. The molecule has 2 aromatic heterocycles. The average molecular weight is 1170 g/mol. The van der Waals surface area contributed by atoms with Crippen molar-refractivity contribution in [3.63, 3.8) is 0 Å². The zero-order chi connectivity index (χ0) is 58.1. The fraction of sp³-hybridized carbons (Fsp3) is 0.525. The van der Waals surface area contributed by atoms with Gasteiger partial charge in [0.25, 0.3) is 0 Å². The first kappa shape index (κ1) is 62.4. The number of rotatable bonds is 28. The summed E-state index contributed by atoms with van der Waals surface area (Å²) in [5, 5.41) is 31.1. The topological polar surface area (TPSA) is 212 Å². The maximum Gasteiger partial charge on any atom is 0.246 e. The van der Waals surface area contributed by atoms with Gasteiger partial charge in [-0.25, -0.2) is 4.98 Å². The van der Waals surface area contributed by atoms with Crippen LogP contribution in [0.3, 0.4) is 0 Å². The number of nitrogens with zero attached hydrogens (tertiary/aromatic N) is 6. The molecule has 2 fully saturated rings. The highest BCUT2D eigenvalue weighted by Crippen LogP contribution is 2.41. The van der Waals surface area contributed by atoms with Gasteiger partial charge in [0.1, 0.15) is 23.9 Å². The number of aryl methyl sites for hydroxylation is 1. The summed E-state index contributed by atoms with van der Waals surface area (Å²) in [6.07, 6.45) is 12.8. The number of carbonyl (C=O) groups is 4. The van der Waals surface area contributed by atoms with Crippen LogP contribution in [0.1, 0.15) is 127 Å². The molecule has 0 spiro atoms. The van der Waals surface area contributed by atoms with Crippen molar-refractivity contribution in [1.29, 1.82) is 5.26 Å². The van der Waals surface area contributed by atoms with Crippen LogP contribution in [-0.4, -0.2) is 132 Å². The Balaban J connectivity index is 0.716. The highest BCUT2D eigenvalue weighted by molar-refractivity contribution is 7.13. The zero-order valence-electron chi connectivity index (χ0n) is 47.7. The van der Waals surface area contributed by atoms with Crippen LogP contribution in [0.4, 0.5) is 11.4 Å². The number of hydrogen-bond donors (Lipinski definition) is 4. The third-order valence-corrected chi connectivity index (χ3v) is 16.7. The largest absolute Gasteiger partial charge is 0.495 e. The Hall–Kier alpha value is -6.23. The Bertz CT molecular complexity index is 2970. The summed E-state index contributed by atoms with van der Waals surface area (Å²) < 4.78 is 17.3. The van der Waals surface area contributed by atoms with Gasteiger partial charge >= 0.3 is 0 Å². The average Bonchev–Trinajstić information content (AvgIpc) is 4.10. The fourth-order valence-corrected chi connectivity index (χ4v) is 11.8. The molecule has 4 heterocycles. The molecule has 0 aliphatic carbocycles. The van der Waals surface area contributed by atoms with Crippen molar-refractivity contribution in [2.45, 2.75) is 142 Å². The monoisotopic (exact) mass is 1170 g/mol. The van der Waals surface area contributed by atoms with E-state index in [-0.39, 0.29) is 43.1 Å². The third kappa shape index (κ3) is 17.4. The summed E-state index contributed by atoms with van der Waals surface area (Å²) in [4.78, 5) is 69.6. The minimum Gasteiger partial charge on any atom is -0.495 e. The molecular weight excluding hydrogens is 1090 g/mol. The van der Waals surface area contributed by atoms with Crippen LogP contribution in [0.5, 0.6) is 17.2 Å². The van der Waals surface area contributed by atoms with E-state index >= 15 is 0 Å². The van der Waals surface area contributed by atoms with Gasteiger partial charge in [0, 0.05) is 88.8 Å². The van der Waals surface area contributed by atoms with E-state index < -0.39 is 23.6 Å². The van der Waals surface area contributed by atoms with E-state index in [1.165, 1.54) is 18.2 Å². The molecular formula is C61H79Cl2N9O8S. The van der Waals surface area contributed by atoms with Crippen LogP contribution in [0, 0.1) is 23.7 Å². The van der Waals surface area contributed by atoms with E-state index in [4.69, 9.17) is 37.4 Å². The van der Waals surface area contributed by atoms with Gasteiger partial charge in [-0.05, 0) is 54.9 Å². The van der Waals surface area contributed by atoms with E-state index in [0.717, 1.165) is 125 Å². The Morgan fingerprint density at radius 2 is 1.51 bits per heavy atom. The number of methoxy groups -OCH3 is 2. The minimum atomic E-state index is -0.848. The molecule has 81 heavy (non-hydrogen) atoms. The molecule has 4 amide bonds. The van der Waals surface area contributed by atoms with Crippen molar-refractivity contribution in [2.24, 2.45) is 5.41 Å². The van der Waals surface area contributed by atoms with Crippen LogP contribution < -0.4 is 30.2 Å². The maximum absolute atomic E-state index is 14.0. The number of nitriles is 1. The lowest BCUT2D eigenvalue weighted by Gasteiger charge is -2.35. The number of ether oxygens (including phenoxy) is 3. The summed E-state index contributed by atoms with van der Waals surface area (Å²) in [5.41, 5.74) is 6.11. The van der Waals surface area contributed by atoms with Crippen molar-refractivity contribution >= 4 is 80.4 Å².